The zero-order valence-corrected chi connectivity index (χ0v) is 17.0. The van der Waals surface area contributed by atoms with Gasteiger partial charge in [-0.3, -0.25) is 15.0 Å². The summed E-state index contributed by atoms with van der Waals surface area (Å²) >= 11 is 1.55. The van der Waals surface area contributed by atoms with Crippen molar-refractivity contribution in [1.82, 2.24) is 15.2 Å². The summed E-state index contributed by atoms with van der Waals surface area (Å²) in [5, 5.41) is 4.17. The van der Waals surface area contributed by atoms with Gasteiger partial charge in [0, 0.05) is 25.7 Å². The summed E-state index contributed by atoms with van der Waals surface area (Å²) in [6.45, 7) is 2.61. The first-order valence-corrected chi connectivity index (χ1v) is 10.8. The Labute approximate surface area is 173 Å². The van der Waals surface area contributed by atoms with E-state index in [9.17, 15) is 4.79 Å². The molecule has 0 amide bonds. The third-order valence-electron chi connectivity index (χ3n) is 5.90. The van der Waals surface area contributed by atoms with Crippen LogP contribution in [0.2, 0.25) is 0 Å². The predicted molar refractivity (Wildman–Crippen MR) is 114 cm³/mol. The molecule has 2 aliphatic rings. The number of hydrogen-bond donors (Lipinski definition) is 2. The summed E-state index contributed by atoms with van der Waals surface area (Å²) in [6, 6.07) is 16.5. The van der Waals surface area contributed by atoms with Crippen molar-refractivity contribution >= 4 is 27.3 Å². The number of nitrogens with zero attached hydrogens (tertiary/aromatic N) is 2. The van der Waals surface area contributed by atoms with Gasteiger partial charge in [0.25, 0.3) is 5.19 Å². The van der Waals surface area contributed by atoms with Crippen molar-refractivity contribution in [3.8, 4) is 10.9 Å². The molecule has 5 rings (SSSR count). The monoisotopic (exact) mass is 408 g/mol. The third kappa shape index (κ3) is 3.67. The van der Waals surface area contributed by atoms with Crippen molar-refractivity contribution < 1.29 is 9.53 Å². The number of aromatic nitrogens is 1. The number of para-hydroxylation sites is 1. The van der Waals surface area contributed by atoms with E-state index in [1.165, 1.54) is 5.56 Å². The Morgan fingerprint density at radius 2 is 2.10 bits per heavy atom. The van der Waals surface area contributed by atoms with E-state index in [1.807, 2.05) is 36.4 Å². The highest BCUT2D eigenvalue weighted by Gasteiger charge is 2.48. The Morgan fingerprint density at radius 1 is 1.28 bits per heavy atom. The van der Waals surface area contributed by atoms with Crippen LogP contribution in [0.25, 0.3) is 10.2 Å². The Kier molecular flexibility index (Phi) is 4.83. The zero-order valence-electron chi connectivity index (χ0n) is 16.1. The molecule has 0 saturated carbocycles. The molecule has 7 heteroatoms. The molecule has 6 nitrogen and oxygen atoms in total. The second kappa shape index (κ2) is 7.50. The highest BCUT2D eigenvalue weighted by atomic mass is 32.1. The molecule has 3 N–H and O–H groups in total. The molecule has 2 aromatic carbocycles. The van der Waals surface area contributed by atoms with Crippen molar-refractivity contribution in [2.45, 2.75) is 31.0 Å². The minimum atomic E-state index is -0.451. The summed E-state index contributed by atoms with van der Waals surface area (Å²) in [5.41, 5.74) is 7.37. The van der Waals surface area contributed by atoms with Crippen LogP contribution in [0, 0.1) is 0 Å². The number of Topliss-reactive ketones (excluding diaryl/α,β-unsaturated/α-hetero) is 1. The Hall–Kier alpha value is -2.32. The van der Waals surface area contributed by atoms with Crippen LogP contribution >= 0.6 is 11.3 Å². The molecule has 2 aliphatic heterocycles. The molecular formula is C22H24N4O2S. The summed E-state index contributed by atoms with van der Waals surface area (Å²) in [7, 11) is 0. The number of rotatable bonds is 6. The smallest absolute Gasteiger partial charge is 0.279 e. The van der Waals surface area contributed by atoms with Gasteiger partial charge < -0.3 is 10.5 Å². The minimum Gasteiger partial charge on any atom is -0.431 e. The molecule has 150 valence electrons. The van der Waals surface area contributed by atoms with Gasteiger partial charge in [0.15, 0.2) is 5.78 Å². The van der Waals surface area contributed by atoms with E-state index in [2.05, 4.69) is 27.3 Å². The average molecular weight is 409 g/mol. The number of piperazine rings is 1. The maximum Gasteiger partial charge on any atom is 0.279 e. The molecular weight excluding hydrogens is 384 g/mol. The van der Waals surface area contributed by atoms with Gasteiger partial charge in [0.1, 0.15) is 5.75 Å². The number of ketones is 1. The van der Waals surface area contributed by atoms with Crippen LogP contribution in [0.15, 0.2) is 48.5 Å². The summed E-state index contributed by atoms with van der Waals surface area (Å²) in [4.78, 5) is 19.3. The lowest BCUT2D eigenvalue weighted by atomic mass is 9.91. The van der Waals surface area contributed by atoms with Crippen molar-refractivity contribution in [3.05, 3.63) is 54.1 Å². The molecule has 2 saturated heterocycles. The average Bonchev–Trinajstić information content (AvgIpc) is 3.29. The van der Waals surface area contributed by atoms with E-state index in [4.69, 9.17) is 10.5 Å². The Bertz CT molecular complexity index is 1000. The quantitative estimate of drug-likeness (QED) is 0.653. The maximum atomic E-state index is 12.4. The largest absolute Gasteiger partial charge is 0.431 e. The highest BCUT2D eigenvalue weighted by Crippen LogP contribution is 2.33. The molecule has 29 heavy (non-hydrogen) atoms. The third-order valence-corrected chi connectivity index (χ3v) is 6.81. The maximum absolute atomic E-state index is 12.4. The fraction of sp³-hybridized carbons (Fsp3) is 0.364. The van der Waals surface area contributed by atoms with Gasteiger partial charge in [-0.15, -0.1) is 0 Å². The van der Waals surface area contributed by atoms with Crippen LogP contribution in [0.3, 0.4) is 0 Å². The van der Waals surface area contributed by atoms with Crippen molar-refractivity contribution in [3.63, 3.8) is 0 Å². The standard InChI is InChI=1S/C22H24N4O2S/c23-11-20(27)22-10-9-16(25-22)13-26(14-22)12-15-5-7-17(8-6-15)28-21-24-18-3-1-2-4-19(18)29-21/h1-8,16,25H,9-14,23H2/t16-,22+/m0/s1. The van der Waals surface area contributed by atoms with Crippen LogP contribution in [-0.2, 0) is 11.3 Å². The van der Waals surface area contributed by atoms with Crippen molar-refractivity contribution in [2.24, 2.45) is 5.73 Å². The summed E-state index contributed by atoms with van der Waals surface area (Å²) < 4.78 is 7.06. The molecule has 2 atom stereocenters. The van der Waals surface area contributed by atoms with E-state index in [0.29, 0.717) is 11.2 Å². The van der Waals surface area contributed by atoms with Gasteiger partial charge >= 0.3 is 0 Å². The van der Waals surface area contributed by atoms with Gasteiger partial charge in [-0.05, 0) is 42.7 Å². The molecule has 1 aromatic heterocycles. The van der Waals surface area contributed by atoms with Gasteiger partial charge in [-0.1, -0.05) is 35.6 Å². The van der Waals surface area contributed by atoms with E-state index >= 15 is 0 Å². The molecule has 0 spiro atoms. The van der Waals surface area contributed by atoms with E-state index in [0.717, 1.165) is 48.4 Å². The summed E-state index contributed by atoms with van der Waals surface area (Å²) in [5.74, 6) is 0.909. The molecule has 3 aromatic rings. The fourth-order valence-corrected chi connectivity index (χ4v) is 5.35. The van der Waals surface area contributed by atoms with Crippen LogP contribution in [-0.4, -0.2) is 46.9 Å². The lowest BCUT2D eigenvalue weighted by Gasteiger charge is -2.40. The molecule has 0 radical (unpaired) electrons. The lowest BCUT2D eigenvalue weighted by Crippen LogP contribution is -2.64. The lowest BCUT2D eigenvalue weighted by molar-refractivity contribution is -0.125. The van der Waals surface area contributed by atoms with Crippen molar-refractivity contribution in [1.29, 1.82) is 0 Å². The molecule has 2 fully saturated rings. The number of nitrogens with one attached hydrogen (secondary N) is 1. The zero-order chi connectivity index (χ0) is 19.8. The molecule has 0 aliphatic carbocycles. The van der Waals surface area contributed by atoms with E-state index in [-0.39, 0.29) is 12.3 Å². The van der Waals surface area contributed by atoms with Crippen LogP contribution in [0.1, 0.15) is 18.4 Å². The van der Waals surface area contributed by atoms with Gasteiger partial charge in [0.05, 0.1) is 22.3 Å². The highest BCUT2D eigenvalue weighted by molar-refractivity contribution is 7.20. The topological polar surface area (TPSA) is 80.5 Å². The first-order valence-electron chi connectivity index (χ1n) is 9.99. The van der Waals surface area contributed by atoms with E-state index in [1.54, 1.807) is 11.3 Å². The Balaban J connectivity index is 1.25. The number of hydrogen-bond acceptors (Lipinski definition) is 7. The predicted octanol–water partition coefficient (Wildman–Crippen LogP) is 2.92. The normalized spacial score (nSPS) is 24.1. The first kappa shape index (κ1) is 18.7. The van der Waals surface area contributed by atoms with Crippen LogP contribution < -0.4 is 15.8 Å². The fourth-order valence-electron chi connectivity index (χ4n) is 4.52. The van der Waals surface area contributed by atoms with Gasteiger partial charge in [-0.2, -0.15) is 0 Å². The number of benzene rings is 2. The number of fused-ring (bicyclic) bond motifs is 3. The number of ether oxygens (including phenoxy) is 1. The van der Waals surface area contributed by atoms with Gasteiger partial charge in [0.2, 0.25) is 0 Å². The molecule has 0 unspecified atom stereocenters. The number of nitrogens with two attached hydrogens (primary N) is 1. The molecule has 3 heterocycles. The number of carbonyl (C=O) groups excluding carboxylic acids is 1. The minimum absolute atomic E-state index is 0.103. The number of likely N-dealkylation sites (tertiary alicyclic amines) is 1. The van der Waals surface area contributed by atoms with Crippen LogP contribution in [0.4, 0.5) is 0 Å². The number of thiazole rings is 1. The van der Waals surface area contributed by atoms with Gasteiger partial charge in [-0.25, -0.2) is 4.98 Å². The van der Waals surface area contributed by atoms with E-state index < -0.39 is 5.54 Å². The summed E-state index contributed by atoms with van der Waals surface area (Å²) in [6.07, 6.45) is 1.93. The van der Waals surface area contributed by atoms with Crippen molar-refractivity contribution in [2.75, 3.05) is 19.6 Å². The number of carbonyl (C=O) groups is 1. The second-order valence-corrected chi connectivity index (χ2v) is 8.95. The second-order valence-electron chi connectivity index (χ2n) is 7.95. The van der Waals surface area contributed by atoms with Crippen LogP contribution in [0.5, 0.6) is 10.9 Å². The Morgan fingerprint density at radius 3 is 2.90 bits per heavy atom. The first-order chi connectivity index (χ1) is 14.1. The SMILES string of the molecule is NCC(=O)[C@@]12CC[C@@H](CN(Cc3ccc(Oc4nc5ccccc5s4)cc3)C1)N2. The molecule has 2 bridgehead atoms.